The molecule has 0 N–H and O–H groups in total. The van der Waals surface area contributed by atoms with Gasteiger partial charge in [-0.25, -0.2) is 0 Å². The molecular weight excluding hydrogens is 318 g/mol. The first-order valence-corrected chi connectivity index (χ1v) is 9.06. The highest BCUT2D eigenvalue weighted by Gasteiger charge is 2.42. The number of hydrogen-bond donors (Lipinski definition) is 0. The molecule has 1 spiro atoms. The van der Waals surface area contributed by atoms with Crippen molar-refractivity contribution in [2.45, 2.75) is 38.7 Å². The Morgan fingerprint density at radius 2 is 1.84 bits per heavy atom. The summed E-state index contributed by atoms with van der Waals surface area (Å²) >= 11 is 0. The molecular formula is C20H27NO4. The fraction of sp³-hybridized carbons (Fsp3) is 0.600. The van der Waals surface area contributed by atoms with Gasteiger partial charge in [-0.05, 0) is 12.5 Å². The van der Waals surface area contributed by atoms with E-state index >= 15 is 0 Å². The first-order chi connectivity index (χ1) is 11.9. The van der Waals surface area contributed by atoms with E-state index < -0.39 is 0 Å². The summed E-state index contributed by atoms with van der Waals surface area (Å²) in [7, 11) is 0. The summed E-state index contributed by atoms with van der Waals surface area (Å²) in [6.45, 7) is 8.75. The average Bonchev–Trinajstić information content (AvgIpc) is 3.07. The summed E-state index contributed by atoms with van der Waals surface area (Å²) in [5, 5.41) is 0. The summed E-state index contributed by atoms with van der Waals surface area (Å²) in [4.78, 5) is 26.9. The third-order valence-electron chi connectivity index (χ3n) is 5.22. The fourth-order valence-electron chi connectivity index (χ4n) is 3.55. The molecule has 1 aromatic rings. The van der Waals surface area contributed by atoms with Crippen molar-refractivity contribution in [3.63, 3.8) is 0 Å². The maximum atomic E-state index is 12.9. The predicted molar refractivity (Wildman–Crippen MR) is 94.7 cm³/mol. The maximum absolute atomic E-state index is 12.9. The van der Waals surface area contributed by atoms with Crippen molar-refractivity contribution in [1.82, 2.24) is 4.90 Å². The topological polar surface area (TPSA) is 55.8 Å². The molecule has 2 aliphatic rings. The molecule has 0 radical (unpaired) electrons. The first-order valence-electron chi connectivity index (χ1n) is 9.06. The third-order valence-corrected chi connectivity index (χ3v) is 5.22. The lowest BCUT2D eigenvalue weighted by Gasteiger charge is -2.40. The number of carbonyl (C=O) groups excluding carboxylic acids is 2. The van der Waals surface area contributed by atoms with Gasteiger partial charge in [-0.1, -0.05) is 38.1 Å². The molecule has 0 aliphatic carbocycles. The van der Waals surface area contributed by atoms with Gasteiger partial charge in [0, 0.05) is 31.1 Å². The summed E-state index contributed by atoms with van der Waals surface area (Å²) in [5.41, 5.74) is 1.32. The SMILES string of the molecule is CC(C)C(=O)c1ccc(C(C)C(=O)N2CCOC3(CCOC3)C2)cc1. The molecule has 25 heavy (non-hydrogen) atoms. The van der Waals surface area contributed by atoms with Gasteiger partial charge in [0.25, 0.3) is 0 Å². The van der Waals surface area contributed by atoms with Crippen molar-refractivity contribution in [2.24, 2.45) is 5.92 Å². The Kier molecular flexibility index (Phi) is 5.25. The van der Waals surface area contributed by atoms with E-state index in [0.29, 0.717) is 38.5 Å². The van der Waals surface area contributed by atoms with Crippen LogP contribution in [0.5, 0.6) is 0 Å². The number of ether oxygens (including phenoxy) is 2. The largest absolute Gasteiger partial charge is 0.378 e. The summed E-state index contributed by atoms with van der Waals surface area (Å²) < 4.78 is 11.4. The second-order valence-corrected chi connectivity index (χ2v) is 7.46. The van der Waals surface area contributed by atoms with E-state index in [1.54, 1.807) is 0 Å². The second-order valence-electron chi connectivity index (χ2n) is 7.46. The number of amides is 1. The summed E-state index contributed by atoms with van der Waals surface area (Å²) in [6.07, 6.45) is 0.844. The molecule has 0 aromatic heterocycles. The zero-order valence-electron chi connectivity index (χ0n) is 15.3. The molecule has 3 rings (SSSR count). The summed E-state index contributed by atoms with van der Waals surface area (Å²) in [6, 6.07) is 7.44. The lowest BCUT2D eigenvalue weighted by molar-refractivity contribution is -0.151. The van der Waals surface area contributed by atoms with Gasteiger partial charge in [0.15, 0.2) is 5.78 Å². The Morgan fingerprint density at radius 3 is 2.44 bits per heavy atom. The molecule has 1 amide bonds. The van der Waals surface area contributed by atoms with Crippen molar-refractivity contribution in [3.05, 3.63) is 35.4 Å². The van der Waals surface area contributed by atoms with Crippen LogP contribution in [-0.2, 0) is 14.3 Å². The summed E-state index contributed by atoms with van der Waals surface area (Å²) in [5.74, 6) is -0.0249. The van der Waals surface area contributed by atoms with Crippen LogP contribution in [0.4, 0.5) is 0 Å². The van der Waals surface area contributed by atoms with Crippen molar-refractivity contribution in [2.75, 3.05) is 32.9 Å². The minimum absolute atomic E-state index is 0.0249. The number of benzene rings is 1. The van der Waals surface area contributed by atoms with Crippen LogP contribution in [-0.4, -0.2) is 55.1 Å². The Morgan fingerprint density at radius 1 is 1.12 bits per heavy atom. The molecule has 5 nitrogen and oxygen atoms in total. The number of carbonyl (C=O) groups is 2. The highest BCUT2D eigenvalue weighted by Crippen LogP contribution is 2.29. The monoisotopic (exact) mass is 345 g/mol. The van der Waals surface area contributed by atoms with Gasteiger partial charge < -0.3 is 14.4 Å². The molecule has 2 saturated heterocycles. The standard InChI is InChI=1S/C20H27NO4/c1-14(2)18(22)17-6-4-16(5-7-17)15(3)19(23)21-9-11-25-20(12-21)8-10-24-13-20/h4-7,14-15H,8-13H2,1-3H3. The van der Waals surface area contributed by atoms with E-state index in [2.05, 4.69) is 0 Å². The van der Waals surface area contributed by atoms with E-state index in [-0.39, 0.29) is 29.1 Å². The molecule has 2 unspecified atom stereocenters. The Balaban J connectivity index is 1.68. The van der Waals surface area contributed by atoms with Crippen molar-refractivity contribution in [3.8, 4) is 0 Å². The first kappa shape index (κ1) is 18.1. The van der Waals surface area contributed by atoms with E-state index in [9.17, 15) is 9.59 Å². The lowest BCUT2D eigenvalue weighted by atomic mass is 9.94. The smallest absolute Gasteiger partial charge is 0.230 e. The van der Waals surface area contributed by atoms with Crippen molar-refractivity contribution < 1.29 is 19.1 Å². The van der Waals surface area contributed by atoms with Crippen molar-refractivity contribution in [1.29, 1.82) is 0 Å². The molecule has 5 heteroatoms. The van der Waals surface area contributed by atoms with Gasteiger partial charge in [-0.15, -0.1) is 0 Å². The molecule has 0 saturated carbocycles. The maximum Gasteiger partial charge on any atom is 0.230 e. The predicted octanol–water partition coefficient (Wildman–Crippen LogP) is 2.65. The molecule has 0 bridgehead atoms. The number of morpholine rings is 1. The molecule has 2 atom stereocenters. The molecule has 2 fully saturated rings. The Labute approximate surface area is 149 Å². The van der Waals surface area contributed by atoms with Crippen LogP contribution < -0.4 is 0 Å². The van der Waals surface area contributed by atoms with E-state index in [0.717, 1.165) is 12.0 Å². The van der Waals surface area contributed by atoms with Gasteiger partial charge in [-0.3, -0.25) is 9.59 Å². The highest BCUT2D eigenvalue weighted by molar-refractivity contribution is 5.97. The van der Waals surface area contributed by atoms with Gasteiger partial charge in [0.05, 0.1) is 25.7 Å². The van der Waals surface area contributed by atoms with Crippen LogP contribution in [0.15, 0.2) is 24.3 Å². The average molecular weight is 345 g/mol. The van der Waals surface area contributed by atoms with Crippen LogP contribution in [0.3, 0.4) is 0 Å². The van der Waals surface area contributed by atoms with Crippen molar-refractivity contribution >= 4 is 11.7 Å². The van der Waals surface area contributed by atoms with Crippen LogP contribution in [0.2, 0.25) is 0 Å². The highest BCUT2D eigenvalue weighted by atomic mass is 16.6. The van der Waals surface area contributed by atoms with E-state index in [4.69, 9.17) is 9.47 Å². The van der Waals surface area contributed by atoms with Gasteiger partial charge in [0.1, 0.15) is 5.60 Å². The number of nitrogens with zero attached hydrogens (tertiary/aromatic N) is 1. The number of ketones is 1. The molecule has 2 aliphatic heterocycles. The molecule has 1 aromatic carbocycles. The van der Waals surface area contributed by atoms with Gasteiger partial charge >= 0.3 is 0 Å². The van der Waals surface area contributed by atoms with Gasteiger partial charge in [-0.2, -0.15) is 0 Å². The van der Waals surface area contributed by atoms with E-state index in [1.807, 2.05) is 49.9 Å². The Hall–Kier alpha value is -1.72. The van der Waals surface area contributed by atoms with Crippen LogP contribution >= 0.6 is 0 Å². The zero-order chi connectivity index (χ0) is 18.0. The van der Waals surface area contributed by atoms with Crippen LogP contribution in [0.25, 0.3) is 0 Å². The fourth-order valence-corrected chi connectivity index (χ4v) is 3.55. The second kappa shape index (κ2) is 7.26. The number of Topliss-reactive ketones (excluding diaryl/α,β-unsaturated/α-hetero) is 1. The van der Waals surface area contributed by atoms with E-state index in [1.165, 1.54) is 0 Å². The lowest BCUT2D eigenvalue weighted by Crippen LogP contribution is -2.54. The normalized spacial score (nSPS) is 24.7. The molecule has 2 heterocycles. The quantitative estimate of drug-likeness (QED) is 0.787. The van der Waals surface area contributed by atoms with Crippen LogP contribution in [0, 0.1) is 5.92 Å². The number of hydrogen-bond acceptors (Lipinski definition) is 4. The molecule has 136 valence electrons. The number of rotatable bonds is 4. The van der Waals surface area contributed by atoms with Crippen LogP contribution in [0.1, 0.15) is 49.0 Å². The minimum atomic E-state index is -0.318. The van der Waals surface area contributed by atoms with Gasteiger partial charge in [0.2, 0.25) is 5.91 Å². The zero-order valence-corrected chi connectivity index (χ0v) is 15.3. The third kappa shape index (κ3) is 3.77. The Bertz CT molecular complexity index is 632. The minimum Gasteiger partial charge on any atom is -0.378 e.